The van der Waals surface area contributed by atoms with Gasteiger partial charge in [-0.15, -0.1) is 21.5 Å². The Morgan fingerprint density at radius 3 is 2.48 bits per heavy atom. The lowest BCUT2D eigenvalue weighted by Gasteiger charge is -2.08. The molecule has 2 aromatic heterocycles. The highest BCUT2D eigenvalue weighted by molar-refractivity contribution is 7.98. The molecule has 0 spiro atoms. The summed E-state index contributed by atoms with van der Waals surface area (Å²) >= 11 is 3.06. The molecular weight excluding hydrogens is 406 g/mol. The lowest BCUT2D eigenvalue weighted by atomic mass is 10.1. The molecule has 148 valence electrons. The Balaban J connectivity index is 1.43. The van der Waals surface area contributed by atoms with Crippen LogP contribution in [-0.4, -0.2) is 29.4 Å². The van der Waals surface area contributed by atoms with Gasteiger partial charge in [-0.25, -0.2) is 4.98 Å². The summed E-state index contributed by atoms with van der Waals surface area (Å²) in [6, 6.07) is 13.8. The highest BCUT2D eigenvalue weighted by atomic mass is 32.2. The van der Waals surface area contributed by atoms with Crippen molar-refractivity contribution in [2.24, 2.45) is 0 Å². The average molecular weight is 426 g/mol. The van der Waals surface area contributed by atoms with E-state index in [0.717, 1.165) is 21.8 Å². The van der Waals surface area contributed by atoms with E-state index in [1.165, 1.54) is 17.3 Å². The zero-order valence-corrected chi connectivity index (χ0v) is 17.8. The first-order valence-electron chi connectivity index (χ1n) is 8.86. The van der Waals surface area contributed by atoms with Crippen LogP contribution >= 0.6 is 23.1 Å². The third-order valence-electron chi connectivity index (χ3n) is 4.23. The van der Waals surface area contributed by atoms with Gasteiger partial charge in [0.15, 0.2) is 11.5 Å². The molecule has 0 fully saturated rings. The smallest absolute Gasteiger partial charge is 0.277 e. The van der Waals surface area contributed by atoms with Gasteiger partial charge in [0.25, 0.3) is 5.22 Å². The van der Waals surface area contributed by atoms with Crippen molar-refractivity contribution >= 4 is 23.1 Å². The van der Waals surface area contributed by atoms with Gasteiger partial charge >= 0.3 is 0 Å². The first kappa shape index (κ1) is 19.5. The number of aromatic nitrogens is 3. The van der Waals surface area contributed by atoms with Crippen molar-refractivity contribution in [1.82, 2.24) is 15.2 Å². The molecule has 4 aromatic rings. The molecule has 8 heteroatoms. The van der Waals surface area contributed by atoms with Crippen molar-refractivity contribution in [2.75, 3.05) is 14.2 Å². The zero-order valence-electron chi connectivity index (χ0n) is 16.2. The van der Waals surface area contributed by atoms with E-state index >= 15 is 0 Å². The summed E-state index contributed by atoms with van der Waals surface area (Å²) in [6.45, 7) is 2.04. The first-order chi connectivity index (χ1) is 14.2. The van der Waals surface area contributed by atoms with Crippen LogP contribution in [0.5, 0.6) is 11.5 Å². The minimum absolute atomic E-state index is 0.525. The second kappa shape index (κ2) is 8.67. The standard InChI is InChI=1S/C21H19N3O3S2/c1-13-4-6-14(7-5-13)19-23-24-21(27-19)29-12-16-11-28-20(22-16)15-8-9-17(25-2)18(10-15)26-3/h4-11H,12H2,1-3H3. The van der Waals surface area contributed by atoms with Gasteiger partial charge in [-0.05, 0) is 37.3 Å². The summed E-state index contributed by atoms with van der Waals surface area (Å²) in [5, 5.41) is 11.8. The van der Waals surface area contributed by atoms with Gasteiger partial charge in [-0.1, -0.05) is 29.5 Å². The Kier molecular flexibility index (Phi) is 5.82. The molecule has 4 rings (SSSR count). The Hall–Kier alpha value is -2.84. The molecule has 0 aliphatic carbocycles. The molecule has 0 bridgehead atoms. The van der Waals surface area contributed by atoms with Gasteiger partial charge in [-0.2, -0.15) is 0 Å². The highest BCUT2D eigenvalue weighted by Gasteiger charge is 2.12. The molecule has 0 saturated heterocycles. The van der Waals surface area contributed by atoms with Crippen LogP contribution in [0.15, 0.2) is 57.5 Å². The Morgan fingerprint density at radius 1 is 0.966 bits per heavy atom. The molecule has 0 aliphatic heterocycles. The summed E-state index contributed by atoms with van der Waals surface area (Å²) < 4.78 is 16.4. The van der Waals surface area contributed by atoms with E-state index in [-0.39, 0.29) is 0 Å². The second-order valence-electron chi connectivity index (χ2n) is 6.24. The molecule has 2 aromatic carbocycles. The number of hydrogen-bond donors (Lipinski definition) is 0. The van der Waals surface area contributed by atoms with E-state index in [2.05, 4.69) is 10.2 Å². The van der Waals surface area contributed by atoms with E-state index in [1.54, 1.807) is 25.6 Å². The summed E-state index contributed by atoms with van der Waals surface area (Å²) in [7, 11) is 3.25. The van der Waals surface area contributed by atoms with Crippen LogP contribution in [0.3, 0.4) is 0 Å². The minimum atomic E-state index is 0.525. The molecule has 29 heavy (non-hydrogen) atoms. The fourth-order valence-electron chi connectivity index (χ4n) is 2.69. The van der Waals surface area contributed by atoms with Crippen LogP contribution in [0.2, 0.25) is 0 Å². The van der Waals surface area contributed by atoms with E-state index in [1.807, 2.05) is 54.8 Å². The number of hydrogen-bond acceptors (Lipinski definition) is 8. The minimum Gasteiger partial charge on any atom is -0.493 e. The van der Waals surface area contributed by atoms with Crippen molar-refractivity contribution in [3.05, 3.63) is 59.1 Å². The summed E-state index contributed by atoms with van der Waals surface area (Å²) in [5.74, 6) is 2.56. The SMILES string of the molecule is COc1ccc(-c2nc(CSc3nnc(-c4ccc(C)cc4)o3)cs2)cc1OC. The van der Waals surface area contributed by atoms with E-state index < -0.39 is 0 Å². The Morgan fingerprint density at radius 2 is 1.72 bits per heavy atom. The van der Waals surface area contributed by atoms with Gasteiger partial charge < -0.3 is 13.9 Å². The highest BCUT2D eigenvalue weighted by Crippen LogP contribution is 2.34. The van der Waals surface area contributed by atoms with Gasteiger partial charge in [0.1, 0.15) is 5.01 Å². The van der Waals surface area contributed by atoms with Gasteiger partial charge in [0, 0.05) is 22.3 Å². The van der Waals surface area contributed by atoms with Crippen molar-refractivity contribution in [3.8, 4) is 33.5 Å². The number of methoxy groups -OCH3 is 2. The molecule has 0 aliphatic rings. The predicted molar refractivity (Wildman–Crippen MR) is 115 cm³/mol. The van der Waals surface area contributed by atoms with E-state index in [4.69, 9.17) is 18.9 Å². The van der Waals surface area contributed by atoms with Crippen molar-refractivity contribution in [3.63, 3.8) is 0 Å². The molecule has 2 heterocycles. The molecule has 0 N–H and O–H groups in total. The van der Waals surface area contributed by atoms with Crippen LogP contribution in [0.4, 0.5) is 0 Å². The number of nitrogens with zero attached hydrogens (tertiary/aromatic N) is 3. The van der Waals surface area contributed by atoms with Crippen molar-refractivity contribution < 1.29 is 13.9 Å². The van der Waals surface area contributed by atoms with Crippen LogP contribution in [-0.2, 0) is 5.75 Å². The quantitative estimate of drug-likeness (QED) is 0.363. The number of benzene rings is 2. The van der Waals surface area contributed by atoms with Crippen LogP contribution in [0.1, 0.15) is 11.3 Å². The number of aryl methyl sites for hydroxylation is 1. The number of thiazole rings is 1. The predicted octanol–water partition coefficient (Wildman–Crippen LogP) is 5.48. The molecule has 0 unspecified atom stereocenters. The third kappa shape index (κ3) is 4.44. The molecule has 6 nitrogen and oxygen atoms in total. The normalized spacial score (nSPS) is 10.9. The lowest BCUT2D eigenvalue weighted by molar-refractivity contribution is 0.355. The zero-order chi connectivity index (χ0) is 20.2. The monoisotopic (exact) mass is 425 g/mol. The Labute approximate surface area is 176 Å². The van der Waals surface area contributed by atoms with Crippen LogP contribution in [0, 0.1) is 6.92 Å². The molecule has 0 saturated carbocycles. The second-order valence-corrected chi connectivity index (χ2v) is 8.03. The topological polar surface area (TPSA) is 70.3 Å². The molecule has 0 radical (unpaired) electrons. The van der Waals surface area contributed by atoms with Gasteiger partial charge in [0.2, 0.25) is 5.89 Å². The van der Waals surface area contributed by atoms with Crippen LogP contribution in [0.25, 0.3) is 22.0 Å². The maximum atomic E-state index is 5.76. The summed E-state index contributed by atoms with van der Waals surface area (Å²) in [5.41, 5.74) is 4.05. The maximum Gasteiger partial charge on any atom is 0.277 e. The Bertz CT molecular complexity index is 1110. The first-order valence-corrected chi connectivity index (χ1v) is 10.7. The average Bonchev–Trinajstić information content (AvgIpc) is 3.42. The van der Waals surface area contributed by atoms with Crippen LogP contribution < -0.4 is 9.47 Å². The number of thioether (sulfide) groups is 1. The van der Waals surface area contributed by atoms with Gasteiger partial charge in [-0.3, -0.25) is 0 Å². The molecular formula is C21H19N3O3S2. The third-order valence-corrected chi connectivity index (χ3v) is 6.02. The number of ether oxygens (including phenoxy) is 2. The lowest BCUT2D eigenvalue weighted by Crippen LogP contribution is -1.90. The molecule has 0 atom stereocenters. The van der Waals surface area contributed by atoms with Crippen molar-refractivity contribution in [1.29, 1.82) is 0 Å². The fourth-order valence-corrected chi connectivity index (χ4v) is 4.27. The number of rotatable bonds is 7. The molecule has 0 amide bonds. The van der Waals surface area contributed by atoms with Crippen molar-refractivity contribution in [2.45, 2.75) is 17.9 Å². The van der Waals surface area contributed by atoms with Gasteiger partial charge in [0.05, 0.1) is 19.9 Å². The maximum absolute atomic E-state index is 5.76. The fraction of sp³-hybridized carbons (Fsp3) is 0.190. The van der Waals surface area contributed by atoms with E-state index in [0.29, 0.717) is 28.4 Å². The van der Waals surface area contributed by atoms with E-state index in [9.17, 15) is 0 Å². The largest absolute Gasteiger partial charge is 0.493 e. The summed E-state index contributed by atoms with van der Waals surface area (Å²) in [6.07, 6.45) is 0. The summed E-state index contributed by atoms with van der Waals surface area (Å²) in [4.78, 5) is 4.71.